The average Bonchev–Trinajstić information content (AvgIpc) is 2.29. The van der Waals surface area contributed by atoms with Crippen LogP contribution in [0.15, 0.2) is 24.3 Å². The standard InChI is InChI=1S/C14H18O2/c1-10(2)14(15)16-13-9-5-7-11-6-3-4-8-12(11)13/h3-4,6,8,10,13H,5,7,9H2,1-2H3/t13-/m0/s1. The first-order valence-corrected chi connectivity index (χ1v) is 5.97. The van der Waals surface area contributed by atoms with Crippen LogP contribution in [0.5, 0.6) is 0 Å². The molecule has 1 aromatic rings. The molecule has 0 N–H and O–H groups in total. The summed E-state index contributed by atoms with van der Waals surface area (Å²) in [6.45, 7) is 3.74. The van der Waals surface area contributed by atoms with Gasteiger partial charge in [0, 0.05) is 0 Å². The second-order valence-electron chi connectivity index (χ2n) is 4.67. The van der Waals surface area contributed by atoms with Crippen LogP contribution >= 0.6 is 0 Å². The van der Waals surface area contributed by atoms with Crippen molar-refractivity contribution in [2.45, 2.75) is 39.2 Å². The summed E-state index contributed by atoms with van der Waals surface area (Å²) in [7, 11) is 0. The van der Waals surface area contributed by atoms with Gasteiger partial charge >= 0.3 is 5.97 Å². The zero-order chi connectivity index (χ0) is 11.5. The number of hydrogen-bond donors (Lipinski definition) is 0. The Balaban J connectivity index is 2.16. The van der Waals surface area contributed by atoms with Gasteiger partial charge in [0.2, 0.25) is 0 Å². The molecular weight excluding hydrogens is 200 g/mol. The highest BCUT2D eigenvalue weighted by molar-refractivity contribution is 5.71. The predicted octanol–water partition coefficient (Wildman–Crippen LogP) is 3.26. The third kappa shape index (κ3) is 2.26. The van der Waals surface area contributed by atoms with Crippen LogP contribution in [-0.4, -0.2) is 5.97 Å². The van der Waals surface area contributed by atoms with Crippen LogP contribution in [0.25, 0.3) is 0 Å². The molecule has 1 aliphatic rings. The highest BCUT2D eigenvalue weighted by atomic mass is 16.5. The number of fused-ring (bicyclic) bond motifs is 1. The molecule has 2 rings (SSSR count). The van der Waals surface area contributed by atoms with Gasteiger partial charge in [0.25, 0.3) is 0 Å². The maximum absolute atomic E-state index is 11.6. The van der Waals surface area contributed by atoms with Gasteiger partial charge in [-0.15, -0.1) is 0 Å². The predicted molar refractivity (Wildman–Crippen MR) is 63.1 cm³/mol. The second kappa shape index (κ2) is 4.69. The first-order chi connectivity index (χ1) is 7.68. The highest BCUT2D eigenvalue weighted by Crippen LogP contribution is 2.32. The maximum atomic E-state index is 11.6. The van der Waals surface area contributed by atoms with Gasteiger partial charge in [0.15, 0.2) is 0 Å². The molecule has 0 spiro atoms. The summed E-state index contributed by atoms with van der Waals surface area (Å²) in [5.41, 5.74) is 2.53. The van der Waals surface area contributed by atoms with E-state index in [0.29, 0.717) is 0 Å². The number of aryl methyl sites for hydroxylation is 1. The molecule has 1 aliphatic carbocycles. The molecule has 1 atom stereocenters. The molecule has 0 aromatic heterocycles. The minimum atomic E-state index is -0.0956. The van der Waals surface area contributed by atoms with Gasteiger partial charge in [-0.05, 0) is 30.4 Å². The van der Waals surface area contributed by atoms with E-state index in [-0.39, 0.29) is 18.0 Å². The van der Waals surface area contributed by atoms with Crippen molar-refractivity contribution < 1.29 is 9.53 Å². The van der Waals surface area contributed by atoms with Gasteiger partial charge in [-0.1, -0.05) is 38.1 Å². The van der Waals surface area contributed by atoms with Gasteiger partial charge < -0.3 is 4.74 Å². The molecule has 16 heavy (non-hydrogen) atoms. The number of esters is 1. The number of benzene rings is 1. The van der Waals surface area contributed by atoms with Crippen LogP contribution < -0.4 is 0 Å². The molecule has 1 aromatic carbocycles. The van der Waals surface area contributed by atoms with E-state index in [9.17, 15) is 4.79 Å². The fourth-order valence-electron chi connectivity index (χ4n) is 2.11. The fraction of sp³-hybridized carbons (Fsp3) is 0.500. The van der Waals surface area contributed by atoms with Gasteiger partial charge in [-0.2, -0.15) is 0 Å². The van der Waals surface area contributed by atoms with Crippen LogP contribution in [-0.2, 0) is 16.0 Å². The molecule has 86 valence electrons. The van der Waals surface area contributed by atoms with Crippen molar-refractivity contribution >= 4 is 5.97 Å². The maximum Gasteiger partial charge on any atom is 0.308 e. The lowest BCUT2D eigenvalue weighted by molar-refractivity contribution is -0.154. The lowest BCUT2D eigenvalue weighted by Gasteiger charge is -2.26. The Bertz CT molecular complexity index is 382. The topological polar surface area (TPSA) is 26.3 Å². The number of ether oxygens (including phenoxy) is 1. The average molecular weight is 218 g/mol. The summed E-state index contributed by atoms with van der Waals surface area (Å²) < 4.78 is 5.54. The zero-order valence-corrected chi connectivity index (χ0v) is 9.90. The smallest absolute Gasteiger partial charge is 0.308 e. The van der Waals surface area contributed by atoms with Crippen molar-refractivity contribution in [3.8, 4) is 0 Å². The summed E-state index contributed by atoms with van der Waals surface area (Å²) in [4.78, 5) is 11.6. The molecule has 0 fully saturated rings. The van der Waals surface area contributed by atoms with E-state index in [2.05, 4.69) is 12.1 Å². The zero-order valence-electron chi connectivity index (χ0n) is 9.90. The van der Waals surface area contributed by atoms with Crippen molar-refractivity contribution in [3.05, 3.63) is 35.4 Å². The Hall–Kier alpha value is -1.31. The van der Waals surface area contributed by atoms with E-state index < -0.39 is 0 Å². The van der Waals surface area contributed by atoms with E-state index in [0.717, 1.165) is 19.3 Å². The lowest BCUT2D eigenvalue weighted by Crippen LogP contribution is -2.19. The van der Waals surface area contributed by atoms with Gasteiger partial charge in [-0.25, -0.2) is 0 Å². The molecule has 0 saturated carbocycles. The van der Waals surface area contributed by atoms with E-state index in [4.69, 9.17) is 4.74 Å². The van der Waals surface area contributed by atoms with Crippen LogP contribution in [0.3, 0.4) is 0 Å². The van der Waals surface area contributed by atoms with Crippen molar-refractivity contribution in [3.63, 3.8) is 0 Å². The third-order valence-electron chi connectivity index (χ3n) is 3.04. The number of carbonyl (C=O) groups excluding carboxylic acids is 1. The summed E-state index contributed by atoms with van der Waals surface area (Å²) in [6.07, 6.45) is 3.13. The molecule has 0 radical (unpaired) electrons. The molecule has 2 nitrogen and oxygen atoms in total. The van der Waals surface area contributed by atoms with E-state index in [1.54, 1.807) is 0 Å². The first kappa shape index (κ1) is 11.2. The van der Waals surface area contributed by atoms with E-state index in [1.807, 2.05) is 26.0 Å². The summed E-state index contributed by atoms with van der Waals surface area (Å²) in [5.74, 6) is -0.143. The van der Waals surface area contributed by atoms with Crippen LogP contribution in [0.1, 0.15) is 43.9 Å². The molecule has 0 amide bonds. The monoisotopic (exact) mass is 218 g/mol. The Labute approximate surface area is 96.6 Å². The van der Waals surface area contributed by atoms with Crippen LogP contribution in [0, 0.1) is 5.92 Å². The highest BCUT2D eigenvalue weighted by Gasteiger charge is 2.23. The molecule has 2 heteroatoms. The largest absolute Gasteiger partial charge is 0.457 e. The van der Waals surface area contributed by atoms with Crippen LogP contribution in [0.4, 0.5) is 0 Å². The third-order valence-corrected chi connectivity index (χ3v) is 3.04. The summed E-state index contributed by atoms with van der Waals surface area (Å²) in [5, 5.41) is 0. The summed E-state index contributed by atoms with van der Waals surface area (Å²) >= 11 is 0. The Morgan fingerprint density at radius 3 is 2.88 bits per heavy atom. The normalized spacial score (nSPS) is 19.3. The van der Waals surface area contributed by atoms with Gasteiger partial charge in [0.1, 0.15) is 6.10 Å². The lowest BCUT2D eigenvalue weighted by atomic mass is 9.89. The number of rotatable bonds is 2. The Morgan fingerprint density at radius 1 is 1.38 bits per heavy atom. The molecule has 0 aliphatic heterocycles. The van der Waals surface area contributed by atoms with Crippen molar-refractivity contribution in [2.75, 3.05) is 0 Å². The molecule has 0 bridgehead atoms. The van der Waals surface area contributed by atoms with Crippen molar-refractivity contribution in [1.29, 1.82) is 0 Å². The number of carbonyl (C=O) groups is 1. The molecular formula is C14H18O2. The quantitative estimate of drug-likeness (QED) is 0.712. The minimum absolute atomic E-state index is 0.0279. The fourth-order valence-corrected chi connectivity index (χ4v) is 2.11. The van der Waals surface area contributed by atoms with Crippen molar-refractivity contribution in [1.82, 2.24) is 0 Å². The second-order valence-corrected chi connectivity index (χ2v) is 4.67. The van der Waals surface area contributed by atoms with Crippen LogP contribution in [0.2, 0.25) is 0 Å². The first-order valence-electron chi connectivity index (χ1n) is 5.97. The SMILES string of the molecule is CC(C)C(=O)O[C@H]1CCCc2ccccc21. The summed E-state index contributed by atoms with van der Waals surface area (Å²) in [6, 6.07) is 8.27. The molecule has 0 unspecified atom stereocenters. The molecule has 0 heterocycles. The Morgan fingerprint density at radius 2 is 2.12 bits per heavy atom. The van der Waals surface area contributed by atoms with Crippen molar-refractivity contribution in [2.24, 2.45) is 5.92 Å². The molecule has 0 saturated heterocycles. The number of hydrogen-bond acceptors (Lipinski definition) is 2. The van der Waals surface area contributed by atoms with E-state index >= 15 is 0 Å². The Kier molecular flexibility index (Phi) is 3.28. The van der Waals surface area contributed by atoms with Gasteiger partial charge in [-0.3, -0.25) is 4.79 Å². The van der Waals surface area contributed by atoms with Gasteiger partial charge in [0.05, 0.1) is 5.92 Å². The van der Waals surface area contributed by atoms with E-state index in [1.165, 1.54) is 11.1 Å². The minimum Gasteiger partial charge on any atom is -0.457 e.